The fourth-order valence-electron chi connectivity index (χ4n) is 2.70. The van der Waals surface area contributed by atoms with Crippen LogP contribution in [0.15, 0.2) is 18.2 Å². The molecule has 6 heteroatoms. The minimum atomic E-state index is -0.601. The third-order valence-corrected chi connectivity index (χ3v) is 3.89. The van der Waals surface area contributed by atoms with Crippen LogP contribution < -0.4 is 20.3 Å². The van der Waals surface area contributed by atoms with E-state index in [1.54, 1.807) is 17.0 Å². The van der Waals surface area contributed by atoms with Gasteiger partial charge in [0, 0.05) is 24.3 Å². The average Bonchev–Trinajstić information content (AvgIpc) is 2.57. The number of nitrogens with zero attached hydrogens (tertiary/aromatic N) is 1. The summed E-state index contributed by atoms with van der Waals surface area (Å²) in [5.74, 6) is 1.00. The number of anilines is 2. The Morgan fingerprint density at radius 1 is 1.28 bits per heavy atom. The van der Waals surface area contributed by atoms with Gasteiger partial charge in [0.25, 0.3) is 0 Å². The van der Waals surface area contributed by atoms with Crippen LogP contribution >= 0.6 is 0 Å². The van der Waals surface area contributed by atoms with Crippen molar-refractivity contribution >= 4 is 23.3 Å². The standard InChI is InChI=1S/C19H29N3O3/c1-12(2)10-22-15-8-7-14(21-18(24)20-13(3)4)9-16(15)25-11-19(5,6)17(22)23/h7-9,12-13H,10-11H2,1-6H3,(H2,20,21,24). The van der Waals surface area contributed by atoms with Crippen molar-refractivity contribution < 1.29 is 14.3 Å². The maximum Gasteiger partial charge on any atom is 0.319 e. The van der Waals surface area contributed by atoms with Crippen LogP contribution in [-0.4, -0.2) is 31.1 Å². The zero-order valence-corrected chi connectivity index (χ0v) is 16.0. The van der Waals surface area contributed by atoms with Crippen LogP contribution in [0.1, 0.15) is 41.5 Å². The molecule has 25 heavy (non-hydrogen) atoms. The first-order chi connectivity index (χ1) is 11.6. The lowest BCUT2D eigenvalue weighted by Gasteiger charge is -2.29. The van der Waals surface area contributed by atoms with Crippen LogP contribution in [0.25, 0.3) is 0 Å². The van der Waals surface area contributed by atoms with Crippen LogP contribution in [0.2, 0.25) is 0 Å². The lowest BCUT2D eigenvalue weighted by Crippen LogP contribution is -2.43. The smallest absolute Gasteiger partial charge is 0.319 e. The highest BCUT2D eigenvalue weighted by atomic mass is 16.5. The molecule has 1 aromatic rings. The van der Waals surface area contributed by atoms with Crippen LogP contribution in [0, 0.1) is 11.3 Å². The zero-order valence-electron chi connectivity index (χ0n) is 16.0. The van der Waals surface area contributed by atoms with Crippen molar-refractivity contribution in [1.82, 2.24) is 5.32 Å². The van der Waals surface area contributed by atoms with Gasteiger partial charge in [0.15, 0.2) is 0 Å². The van der Waals surface area contributed by atoms with Crippen molar-refractivity contribution in [3.8, 4) is 5.75 Å². The molecule has 0 saturated carbocycles. The van der Waals surface area contributed by atoms with Crippen molar-refractivity contribution in [3.05, 3.63) is 18.2 Å². The second-order valence-electron chi connectivity index (χ2n) is 7.92. The number of hydrogen-bond donors (Lipinski definition) is 2. The lowest BCUT2D eigenvalue weighted by molar-refractivity contribution is -0.127. The maximum absolute atomic E-state index is 12.9. The Kier molecular flexibility index (Phi) is 5.60. The summed E-state index contributed by atoms with van der Waals surface area (Å²) >= 11 is 0. The fourth-order valence-corrected chi connectivity index (χ4v) is 2.70. The summed E-state index contributed by atoms with van der Waals surface area (Å²) in [6.07, 6.45) is 0. The Morgan fingerprint density at radius 3 is 2.56 bits per heavy atom. The molecule has 3 amide bonds. The van der Waals surface area contributed by atoms with Crippen molar-refractivity contribution in [2.24, 2.45) is 11.3 Å². The Bertz CT molecular complexity index is 653. The first-order valence-corrected chi connectivity index (χ1v) is 8.76. The SMILES string of the molecule is CC(C)CN1C(=O)C(C)(C)COc2cc(NC(=O)NC(C)C)ccc21. The summed E-state index contributed by atoms with van der Waals surface area (Å²) in [7, 11) is 0. The normalized spacial score (nSPS) is 16.3. The molecular weight excluding hydrogens is 318 g/mol. The van der Waals surface area contributed by atoms with Gasteiger partial charge in [-0.25, -0.2) is 4.79 Å². The largest absolute Gasteiger partial charge is 0.490 e. The van der Waals surface area contributed by atoms with E-state index in [4.69, 9.17) is 4.74 Å². The number of benzene rings is 1. The maximum atomic E-state index is 12.9. The monoisotopic (exact) mass is 347 g/mol. The number of carbonyl (C=O) groups is 2. The summed E-state index contributed by atoms with van der Waals surface area (Å²) in [6.45, 7) is 12.7. The highest BCUT2D eigenvalue weighted by Gasteiger charge is 2.38. The molecule has 0 aliphatic carbocycles. The van der Waals surface area contributed by atoms with Gasteiger partial charge in [-0.1, -0.05) is 13.8 Å². The molecule has 0 bridgehead atoms. The summed E-state index contributed by atoms with van der Waals surface area (Å²) in [5.41, 5.74) is 0.781. The predicted molar refractivity (Wildman–Crippen MR) is 100 cm³/mol. The van der Waals surface area contributed by atoms with Crippen molar-refractivity contribution in [1.29, 1.82) is 0 Å². The Labute approximate surface area is 149 Å². The first kappa shape index (κ1) is 19.1. The average molecular weight is 347 g/mol. The van der Waals surface area contributed by atoms with E-state index in [-0.39, 0.29) is 18.0 Å². The minimum absolute atomic E-state index is 0.0528. The van der Waals surface area contributed by atoms with E-state index in [2.05, 4.69) is 24.5 Å². The van der Waals surface area contributed by atoms with Gasteiger partial charge in [0.05, 0.1) is 11.1 Å². The molecule has 6 nitrogen and oxygen atoms in total. The molecule has 0 fully saturated rings. The predicted octanol–water partition coefficient (Wildman–Crippen LogP) is 3.62. The number of fused-ring (bicyclic) bond motifs is 1. The number of amides is 3. The molecule has 0 aromatic heterocycles. The Balaban J connectivity index is 2.32. The molecule has 1 aliphatic heterocycles. The van der Waals surface area contributed by atoms with E-state index in [9.17, 15) is 9.59 Å². The second kappa shape index (κ2) is 7.33. The molecular formula is C19H29N3O3. The molecule has 1 aliphatic rings. The van der Waals surface area contributed by atoms with Gasteiger partial charge in [-0.3, -0.25) is 4.79 Å². The van der Waals surface area contributed by atoms with E-state index in [0.29, 0.717) is 30.5 Å². The zero-order chi connectivity index (χ0) is 18.8. The molecule has 0 unspecified atom stereocenters. The molecule has 0 radical (unpaired) electrons. The molecule has 2 rings (SSSR count). The topological polar surface area (TPSA) is 70.7 Å². The molecule has 0 saturated heterocycles. The number of urea groups is 1. The van der Waals surface area contributed by atoms with Crippen LogP contribution in [0.5, 0.6) is 5.75 Å². The van der Waals surface area contributed by atoms with E-state index < -0.39 is 5.41 Å². The van der Waals surface area contributed by atoms with Crippen LogP contribution in [0.3, 0.4) is 0 Å². The van der Waals surface area contributed by atoms with Gasteiger partial charge in [-0.15, -0.1) is 0 Å². The number of carbonyl (C=O) groups excluding carboxylic acids is 2. The third kappa shape index (κ3) is 4.65. The molecule has 2 N–H and O–H groups in total. The van der Waals surface area contributed by atoms with Crippen LogP contribution in [-0.2, 0) is 4.79 Å². The molecule has 0 spiro atoms. The van der Waals surface area contributed by atoms with E-state index in [1.807, 2.05) is 33.8 Å². The van der Waals surface area contributed by atoms with Crippen LogP contribution in [0.4, 0.5) is 16.2 Å². The summed E-state index contributed by atoms with van der Waals surface area (Å²) in [4.78, 5) is 26.6. The van der Waals surface area contributed by atoms with Gasteiger partial charge in [0.1, 0.15) is 12.4 Å². The highest BCUT2D eigenvalue weighted by molar-refractivity contribution is 6.00. The second-order valence-corrected chi connectivity index (χ2v) is 7.92. The fraction of sp³-hybridized carbons (Fsp3) is 0.579. The number of ether oxygens (including phenoxy) is 1. The van der Waals surface area contributed by atoms with E-state index >= 15 is 0 Å². The number of rotatable bonds is 4. The van der Waals surface area contributed by atoms with Crippen molar-refractivity contribution in [2.75, 3.05) is 23.4 Å². The Morgan fingerprint density at radius 2 is 1.96 bits per heavy atom. The highest BCUT2D eigenvalue weighted by Crippen LogP contribution is 2.38. The van der Waals surface area contributed by atoms with Gasteiger partial charge in [0.2, 0.25) is 5.91 Å². The third-order valence-electron chi connectivity index (χ3n) is 3.89. The van der Waals surface area contributed by atoms with Gasteiger partial charge < -0.3 is 20.3 Å². The summed E-state index contributed by atoms with van der Waals surface area (Å²) in [5, 5.41) is 5.58. The van der Waals surface area contributed by atoms with Gasteiger partial charge in [-0.2, -0.15) is 0 Å². The first-order valence-electron chi connectivity index (χ1n) is 8.76. The Hall–Kier alpha value is -2.24. The molecule has 138 valence electrons. The number of nitrogens with one attached hydrogen (secondary N) is 2. The quantitative estimate of drug-likeness (QED) is 0.874. The van der Waals surface area contributed by atoms with Crippen molar-refractivity contribution in [3.63, 3.8) is 0 Å². The number of hydrogen-bond acceptors (Lipinski definition) is 3. The van der Waals surface area contributed by atoms with E-state index in [1.165, 1.54) is 0 Å². The molecule has 1 aromatic carbocycles. The van der Waals surface area contributed by atoms with Crippen molar-refractivity contribution in [2.45, 2.75) is 47.6 Å². The molecule has 0 atom stereocenters. The summed E-state index contributed by atoms with van der Waals surface area (Å²) in [6, 6.07) is 5.19. The lowest BCUT2D eigenvalue weighted by atomic mass is 9.92. The molecule has 1 heterocycles. The van der Waals surface area contributed by atoms with Gasteiger partial charge in [-0.05, 0) is 45.7 Å². The minimum Gasteiger partial charge on any atom is -0.490 e. The van der Waals surface area contributed by atoms with Gasteiger partial charge >= 0.3 is 6.03 Å². The summed E-state index contributed by atoms with van der Waals surface area (Å²) < 4.78 is 5.92. The van der Waals surface area contributed by atoms with E-state index in [0.717, 1.165) is 5.69 Å².